The van der Waals surface area contributed by atoms with Gasteiger partial charge in [0, 0.05) is 20.1 Å². The summed E-state index contributed by atoms with van der Waals surface area (Å²) in [6, 6.07) is 20.9. The Bertz CT molecular complexity index is 1090. The second-order valence-electron chi connectivity index (χ2n) is 5.84. The van der Waals surface area contributed by atoms with Crippen molar-refractivity contribution in [3.05, 3.63) is 69.6 Å². The molecule has 5 aromatic rings. The van der Waals surface area contributed by atoms with Crippen LogP contribution in [0, 0.1) is 0 Å². The zero-order valence-electron chi connectivity index (χ0n) is 13.2. The lowest BCUT2D eigenvalue weighted by atomic mass is 10.2. The van der Waals surface area contributed by atoms with E-state index in [1.807, 2.05) is 24.3 Å². The topological polar surface area (TPSA) is 25.8 Å². The molecule has 6 heteroatoms. The van der Waals surface area contributed by atoms with Crippen LogP contribution in [-0.2, 0) is 0 Å². The highest BCUT2D eigenvalue weighted by Gasteiger charge is 2.11. The van der Waals surface area contributed by atoms with E-state index in [0.717, 1.165) is 41.1 Å². The molecule has 3 aromatic carbocycles. The number of halogens is 2. The molecule has 0 saturated heterocycles. The largest absolute Gasteiger partial charge is 0.236 e. The van der Waals surface area contributed by atoms with Crippen molar-refractivity contribution in [1.29, 1.82) is 0 Å². The molecule has 126 valence electrons. The smallest absolute Gasteiger partial charge is 0.124 e. The molecule has 0 N–H and O–H groups in total. The molecule has 2 aromatic heterocycles. The second kappa shape index (κ2) is 6.53. The van der Waals surface area contributed by atoms with Crippen molar-refractivity contribution >= 4 is 75.0 Å². The molecule has 0 saturated carbocycles. The Labute approximate surface area is 174 Å². The third-order valence-electron chi connectivity index (χ3n) is 4.08. The molecule has 0 aliphatic rings. The zero-order valence-corrected chi connectivity index (χ0v) is 18.0. The fourth-order valence-electron chi connectivity index (χ4n) is 2.78. The predicted octanol–water partition coefficient (Wildman–Crippen LogP) is 7.77. The average molecular weight is 502 g/mol. The summed E-state index contributed by atoms with van der Waals surface area (Å²) < 4.78 is 4.49. The minimum absolute atomic E-state index is 1.03. The highest BCUT2D eigenvalue weighted by Crippen LogP contribution is 2.37. The van der Waals surface area contributed by atoms with Crippen LogP contribution in [0.3, 0.4) is 0 Å². The molecule has 0 bridgehead atoms. The second-order valence-corrected chi connectivity index (χ2v) is 9.73. The Morgan fingerprint density at radius 2 is 0.962 bits per heavy atom. The number of nitrogens with zero attached hydrogens (tertiary/aromatic N) is 2. The first-order valence-electron chi connectivity index (χ1n) is 7.89. The molecule has 0 radical (unpaired) electrons. The van der Waals surface area contributed by atoms with Crippen molar-refractivity contribution in [3.8, 4) is 21.1 Å². The van der Waals surface area contributed by atoms with Crippen molar-refractivity contribution in [3.63, 3.8) is 0 Å². The lowest BCUT2D eigenvalue weighted by molar-refractivity contribution is 1.47. The summed E-state index contributed by atoms with van der Waals surface area (Å²) in [4.78, 5) is 9.66. The van der Waals surface area contributed by atoms with E-state index in [-0.39, 0.29) is 0 Å². The first-order valence-corrected chi connectivity index (χ1v) is 11.1. The lowest BCUT2D eigenvalue weighted by Gasteiger charge is -1.95. The Hall–Kier alpha value is -1.60. The molecular weight excluding hydrogens is 492 g/mol. The summed E-state index contributed by atoms with van der Waals surface area (Å²) in [6.07, 6.45) is 0. The Balaban J connectivity index is 1.60. The van der Waals surface area contributed by atoms with E-state index in [0.29, 0.717) is 0 Å². The highest BCUT2D eigenvalue weighted by atomic mass is 79.9. The number of fused-ring (bicyclic) bond motifs is 2. The Kier molecular flexibility index (Phi) is 4.16. The molecule has 2 heterocycles. The molecule has 0 amide bonds. The van der Waals surface area contributed by atoms with Gasteiger partial charge >= 0.3 is 0 Å². The summed E-state index contributed by atoms with van der Waals surface area (Å²) in [5.74, 6) is 0. The van der Waals surface area contributed by atoms with Crippen molar-refractivity contribution in [2.75, 3.05) is 0 Å². The molecule has 0 aliphatic heterocycles. The van der Waals surface area contributed by atoms with Crippen LogP contribution >= 0.6 is 54.5 Å². The normalized spacial score (nSPS) is 11.5. The Morgan fingerprint density at radius 3 is 1.35 bits per heavy atom. The average Bonchev–Trinajstić information content (AvgIpc) is 3.23. The van der Waals surface area contributed by atoms with Gasteiger partial charge in [-0.05, 0) is 36.4 Å². The first kappa shape index (κ1) is 16.6. The Morgan fingerprint density at radius 1 is 0.577 bits per heavy atom. The number of rotatable bonds is 2. The minimum atomic E-state index is 1.03. The van der Waals surface area contributed by atoms with Gasteiger partial charge in [0.05, 0.1) is 20.4 Å². The van der Waals surface area contributed by atoms with Crippen LogP contribution < -0.4 is 0 Å². The molecule has 26 heavy (non-hydrogen) atoms. The van der Waals surface area contributed by atoms with Crippen LogP contribution in [0.1, 0.15) is 0 Å². The van der Waals surface area contributed by atoms with E-state index in [2.05, 4.69) is 68.3 Å². The van der Waals surface area contributed by atoms with Gasteiger partial charge in [0.15, 0.2) is 0 Å². The SMILES string of the molecule is Brc1ccc(-c2nc3cc4sc(-c5ccc(Br)cc5)nc4cc3s2)cc1. The summed E-state index contributed by atoms with van der Waals surface area (Å²) in [7, 11) is 0. The lowest BCUT2D eigenvalue weighted by Crippen LogP contribution is -1.75. The van der Waals surface area contributed by atoms with Crippen LogP contribution in [0.15, 0.2) is 69.6 Å². The maximum atomic E-state index is 4.83. The van der Waals surface area contributed by atoms with Gasteiger partial charge < -0.3 is 0 Å². The van der Waals surface area contributed by atoms with Crippen molar-refractivity contribution < 1.29 is 0 Å². The molecule has 0 fully saturated rings. The third kappa shape index (κ3) is 3.01. The van der Waals surface area contributed by atoms with E-state index in [1.165, 1.54) is 9.40 Å². The van der Waals surface area contributed by atoms with Gasteiger partial charge in [0.25, 0.3) is 0 Å². The fraction of sp³-hybridized carbons (Fsp3) is 0. The number of benzene rings is 3. The monoisotopic (exact) mass is 500 g/mol. The van der Waals surface area contributed by atoms with Gasteiger partial charge in [-0.3, -0.25) is 0 Å². The van der Waals surface area contributed by atoms with Crippen LogP contribution in [-0.4, -0.2) is 9.97 Å². The predicted molar refractivity (Wildman–Crippen MR) is 119 cm³/mol. The number of aromatic nitrogens is 2. The van der Waals surface area contributed by atoms with Crippen molar-refractivity contribution in [2.24, 2.45) is 0 Å². The maximum absolute atomic E-state index is 4.83. The van der Waals surface area contributed by atoms with E-state index in [9.17, 15) is 0 Å². The standard InChI is InChI=1S/C20H10Br2N2S2/c21-13-5-1-11(2-6-13)19-23-15-9-18-16(10-17(15)25-19)24-20(26-18)12-3-7-14(22)8-4-12/h1-10H. The quantitative estimate of drug-likeness (QED) is 0.247. The maximum Gasteiger partial charge on any atom is 0.124 e. The molecule has 0 aliphatic carbocycles. The molecule has 5 rings (SSSR count). The number of hydrogen-bond acceptors (Lipinski definition) is 4. The van der Waals surface area contributed by atoms with Crippen LogP contribution in [0.2, 0.25) is 0 Å². The van der Waals surface area contributed by atoms with E-state index < -0.39 is 0 Å². The first-order chi connectivity index (χ1) is 12.7. The van der Waals surface area contributed by atoms with Gasteiger partial charge in [-0.15, -0.1) is 22.7 Å². The summed E-state index contributed by atoms with van der Waals surface area (Å²) in [5.41, 5.74) is 4.35. The molecular formula is C20H10Br2N2S2. The number of thiazole rings is 2. The molecule has 0 atom stereocenters. The van der Waals surface area contributed by atoms with Crippen LogP contribution in [0.5, 0.6) is 0 Å². The van der Waals surface area contributed by atoms with Crippen LogP contribution in [0.25, 0.3) is 41.6 Å². The van der Waals surface area contributed by atoms with E-state index >= 15 is 0 Å². The fourth-order valence-corrected chi connectivity index (χ4v) is 5.28. The van der Waals surface area contributed by atoms with Gasteiger partial charge in [-0.2, -0.15) is 0 Å². The van der Waals surface area contributed by atoms with Crippen molar-refractivity contribution in [2.45, 2.75) is 0 Å². The van der Waals surface area contributed by atoms with Crippen LogP contribution in [0.4, 0.5) is 0 Å². The van der Waals surface area contributed by atoms with Crippen molar-refractivity contribution in [1.82, 2.24) is 9.97 Å². The van der Waals surface area contributed by atoms with Gasteiger partial charge in [-0.25, -0.2) is 9.97 Å². The summed E-state index contributed by atoms with van der Waals surface area (Å²) in [5, 5.41) is 2.08. The van der Waals surface area contributed by atoms with Gasteiger partial charge in [-0.1, -0.05) is 56.1 Å². The van der Waals surface area contributed by atoms with Gasteiger partial charge in [0.2, 0.25) is 0 Å². The minimum Gasteiger partial charge on any atom is -0.236 e. The molecule has 0 spiro atoms. The third-order valence-corrected chi connectivity index (χ3v) is 7.27. The zero-order chi connectivity index (χ0) is 17.7. The highest BCUT2D eigenvalue weighted by molar-refractivity contribution is 9.10. The summed E-state index contributed by atoms with van der Waals surface area (Å²) in [6.45, 7) is 0. The number of hydrogen-bond donors (Lipinski definition) is 0. The summed E-state index contributed by atoms with van der Waals surface area (Å²) >= 11 is 10.4. The molecule has 2 nitrogen and oxygen atoms in total. The van der Waals surface area contributed by atoms with Gasteiger partial charge in [0.1, 0.15) is 10.0 Å². The molecule has 0 unspecified atom stereocenters. The van der Waals surface area contributed by atoms with E-state index in [1.54, 1.807) is 22.7 Å². The van der Waals surface area contributed by atoms with E-state index in [4.69, 9.17) is 9.97 Å².